The summed E-state index contributed by atoms with van der Waals surface area (Å²) in [7, 11) is 0. The number of unbranched alkanes of at least 4 members (excludes halogenated alkanes) is 1. The molecule has 0 amide bonds. The molecule has 3 aliphatic carbocycles. The second-order valence-electron chi connectivity index (χ2n) is 10.4. The van der Waals surface area contributed by atoms with Crippen LogP contribution in [0.15, 0.2) is 30.9 Å². The van der Waals surface area contributed by atoms with E-state index in [0.29, 0.717) is 31.5 Å². The number of aliphatic hydroxyl groups excluding tert-OH is 1. The Hall–Kier alpha value is -1.82. The summed E-state index contributed by atoms with van der Waals surface area (Å²) in [5.74, 6) is 1.04. The molecule has 1 unspecified atom stereocenters. The van der Waals surface area contributed by atoms with Gasteiger partial charge in [0.15, 0.2) is 0 Å². The lowest BCUT2D eigenvalue weighted by atomic mass is 9.44. The Morgan fingerprint density at radius 3 is 2.72 bits per heavy atom. The van der Waals surface area contributed by atoms with Crippen molar-refractivity contribution in [1.82, 2.24) is 0 Å². The van der Waals surface area contributed by atoms with E-state index in [-0.39, 0.29) is 35.3 Å². The van der Waals surface area contributed by atoms with E-state index in [2.05, 4.69) is 19.6 Å². The zero-order valence-corrected chi connectivity index (χ0v) is 18.6. The van der Waals surface area contributed by atoms with Crippen molar-refractivity contribution in [2.45, 2.75) is 82.9 Å². The first kappa shape index (κ1) is 23.3. The Morgan fingerprint density at radius 2 is 2.03 bits per heavy atom. The van der Waals surface area contributed by atoms with Crippen LogP contribution in [-0.4, -0.2) is 28.3 Å². The molecule has 176 valence electrons. The predicted molar refractivity (Wildman–Crippen MR) is 116 cm³/mol. The van der Waals surface area contributed by atoms with Crippen molar-refractivity contribution in [2.24, 2.45) is 22.7 Å². The summed E-state index contributed by atoms with van der Waals surface area (Å²) in [6, 6.07) is 5.53. The molecule has 3 aliphatic rings. The van der Waals surface area contributed by atoms with Gasteiger partial charge in [0.25, 0.3) is 0 Å². The number of ketones is 1. The van der Waals surface area contributed by atoms with Crippen molar-refractivity contribution < 1.29 is 28.2 Å². The molecule has 6 heteroatoms. The maximum atomic E-state index is 13.0. The number of aliphatic hydroxyl groups is 1. The average Bonchev–Trinajstić information content (AvgIpc) is 3.04. The van der Waals surface area contributed by atoms with Crippen molar-refractivity contribution in [1.29, 1.82) is 0 Å². The number of Topliss-reactive ketones (excluding diaryl/α,β-unsaturated/α-hetero) is 1. The summed E-state index contributed by atoms with van der Waals surface area (Å²) < 4.78 is 38.0. The summed E-state index contributed by atoms with van der Waals surface area (Å²) in [5.41, 5.74) is 1.67. The van der Waals surface area contributed by atoms with Crippen LogP contribution in [0.2, 0.25) is 0 Å². The van der Waals surface area contributed by atoms with Gasteiger partial charge in [-0.2, -0.15) is 13.2 Å². The first-order valence-electron chi connectivity index (χ1n) is 11.8. The number of hydrogen-bond acceptors (Lipinski definition) is 3. The minimum atomic E-state index is -4.58. The fourth-order valence-electron chi connectivity index (χ4n) is 7.39. The average molecular weight is 451 g/mol. The third-order valence-corrected chi connectivity index (χ3v) is 8.80. The largest absolute Gasteiger partial charge is 0.508 e. The number of hydrogen-bond donors (Lipinski definition) is 2. The van der Waals surface area contributed by atoms with E-state index in [9.17, 15) is 28.2 Å². The van der Waals surface area contributed by atoms with E-state index in [0.717, 1.165) is 31.2 Å². The van der Waals surface area contributed by atoms with Gasteiger partial charge in [0.05, 0.1) is 0 Å². The number of fused-ring (bicyclic) bond motifs is 5. The minimum Gasteiger partial charge on any atom is -0.508 e. The number of aromatic hydroxyl groups is 1. The lowest BCUT2D eigenvalue weighted by Gasteiger charge is -2.59. The van der Waals surface area contributed by atoms with Crippen LogP contribution in [0, 0.1) is 22.7 Å². The summed E-state index contributed by atoms with van der Waals surface area (Å²) in [5, 5.41) is 19.3. The zero-order chi connectivity index (χ0) is 23.3. The van der Waals surface area contributed by atoms with E-state index in [4.69, 9.17) is 0 Å². The van der Waals surface area contributed by atoms with Crippen LogP contribution in [0.5, 0.6) is 5.75 Å². The molecule has 0 aliphatic heterocycles. The van der Waals surface area contributed by atoms with Gasteiger partial charge in [0.2, 0.25) is 0 Å². The number of alkyl halides is 3. The molecule has 6 atom stereocenters. The monoisotopic (exact) mass is 450 g/mol. The fourth-order valence-corrected chi connectivity index (χ4v) is 7.39. The van der Waals surface area contributed by atoms with Gasteiger partial charge in [-0.15, -0.1) is 6.58 Å². The quantitative estimate of drug-likeness (QED) is 0.408. The molecular formula is C26H33F3O3. The summed E-state index contributed by atoms with van der Waals surface area (Å²) in [4.78, 5) is 13.0. The highest BCUT2D eigenvalue weighted by atomic mass is 19.4. The van der Waals surface area contributed by atoms with Crippen LogP contribution in [-0.2, 0) is 11.2 Å². The molecule has 4 rings (SSSR count). The molecule has 1 aromatic carbocycles. The Balaban J connectivity index is 1.64. The van der Waals surface area contributed by atoms with Crippen LogP contribution in [0.3, 0.4) is 0 Å². The molecule has 0 saturated heterocycles. The van der Waals surface area contributed by atoms with Crippen molar-refractivity contribution in [3.05, 3.63) is 42.0 Å². The van der Waals surface area contributed by atoms with Gasteiger partial charge in [0, 0.05) is 11.8 Å². The molecule has 32 heavy (non-hydrogen) atoms. The van der Waals surface area contributed by atoms with E-state index >= 15 is 0 Å². The first-order valence-corrected chi connectivity index (χ1v) is 11.8. The van der Waals surface area contributed by atoms with Gasteiger partial charge in [-0.1, -0.05) is 31.9 Å². The number of aryl methyl sites for hydroxylation is 1. The van der Waals surface area contributed by atoms with Crippen molar-refractivity contribution in [3.63, 3.8) is 0 Å². The molecule has 2 N–H and O–H groups in total. The Morgan fingerprint density at radius 1 is 1.28 bits per heavy atom. The fraction of sp³-hybridized carbons (Fsp3) is 0.654. The van der Waals surface area contributed by atoms with Crippen LogP contribution in [0.25, 0.3) is 0 Å². The normalized spacial score (nSPS) is 35.0. The molecule has 1 aromatic rings. The number of halogens is 3. The number of rotatable bonds is 6. The topological polar surface area (TPSA) is 57.5 Å². The highest BCUT2D eigenvalue weighted by Gasteiger charge is 2.63. The number of carbonyl (C=O) groups is 1. The van der Waals surface area contributed by atoms with Crippen molar-refractivity contribution in [2.75, 3.05) is 0 Å². The number of phenols is 1. The van der Waals surface area contributed by atoms with Crippen LogP contribution >= 0.6 is 0 Å². The van der Waals surface area contributed by atoms with E-state index < -0.39 is 17.7 Å². The smallest absolute Gasteiger partial charge is 0.414 e. The summed E-state index contributed by atoms with van der Waals surface area (Å²) in [6.07, 6.45) is 0.344. The predicted octanol–water partition coefficient (Wildman–Crippen LogP) is 6.08. The third-order valence-electron chi connectivity index (χ3n) is 8.80. The van der Waals surface area contributed by atoms with E-state index in [1.54, 1.807) is 6.07 Å². The van der Waals surface area contributed by atoms with Crippen LogP contribution < -0.4 is 0 Å². The molecule has 0 radical (unpaired) electrons. The maximum Gasteiger partial charge on any atom is 0.414 e. The van der Waals surface area contributed by atoms with Gasteiger partial charge < -0.3 is 10.2 Å². The SMILES string of the molecule is C=CC12CCc3cc(O)ccc3[C@H]1[C@@H](CCCC[C@H](O)C(F)(F)F)C[C@]1(C)C(=O)CC[C@@H]21. The van der Waals surface area contributed by atoms with Gasteiger partial charge in [-0.3, -0.25) is 4.79 Å². The number of allylic oxidation sites excluding steroid dienone is 1. The highest BCUT2D eigenvalue weighted by Crippen LogP contribution is 2.68. The second kappa shape index (κ2) is 8.19. The van der Waals surface area contributed by atoms with Crippen molar-refractivity contribution >= 4 is 5.78 Å². The summed E-state index contributed by atoms with van der Waals surface area (Å²) >= 11 is 0. The van der Waals surface area contributed by atoms with Crippen molar-refractivity contribution in [3.8, 4) is 5.75 Å². The molecule has 2 fully saturated rings. The Labute approximate surface area is 187 Å². The molecule has 0 spiro atoms. The number of phenolic OH excluding ortho intramolecular Hbond substituents is 1. The molecule has 0 aromatic heterocycles. The lowest BCUT2D eigenvalue weighted by Crippen LogP contribution is -2.53. The molecular weight excluding hydrogens is 417 g/mol. The van der Waals surface area contributed by atoms with Crippen LogP contribution in [0.1, 0.15) is 75.3 Å². The Bertz CT molecular complexity index is 895. The standard InChI is InChI=1S/C26H33F3O3/c1-3-25-13-12-16-14-18(30)8-9-19(16)23(25)17(6-4-5-7-22(32)26(27,28)29)15-24(2)20(25)10-11-21(24)31/h3,8-9,14,17,20,22-23,30,32H,1,4-7,10-13,15H2,2H3/t17-,20+,22-,23+,24-,25?/m0/s1. The van der Waals surface area contributed by atoms with Gasteiger partial charge in [-0.05, 0) is 85.0 Å². The molecule has 3 nitrogen and oxygen atoms in total. The highest BCUT2D eigenvalue weighted by molar-refractivity contribution is 5.87. The minimum absolute atomic E-state index is 0.140. The number of carbonyl (C=O) groups excluding carboxylic acids is 1. The Kier molecular flexibility index (Phi) is 5.98. The number of benzene rings is 1. The lowest BCUT2D eigenvalue weighted by molar-refractivity contribution is -0.205. The second-order valence-corrected chi connectivity index (χ2v) is 10.4. The molecule has 0 bridgehead atoms. The van der Waals surface area contributed by atoms with Gasteiger partial charge >= 0.3 is 6.18 Å². The van der Waals surface area contributed by atoms with E-state index in [1.807, 2.05) is 12.1 Å². The van der Waals surface area contributed by atoms with E-state index in [1.165, 1.54) is 5.56 Å². The van der Waals surface area contributed by atoms with Gasteiger partial charge in [0.1, 0.15) is 17.6 Å². The van der Waals surface area contributed by atoms with Crippen LogP contribution in [0.4, 0.5) is 13.2 Å². The zero-order valence-electron chi connectivity index (χ0n) is 18.6. The summed E-state index contributed by atoms with van der Waals surface area (Å²) in [6.45, 7) is 6.31. The maximum absolute atomic E-state index is 13.0. The molecule has 2 saturated carbocycles. The van der Waals surface area contributed by atoms with Gasteiger partial charge in [-0.25, -0.2) is 0 Å². The third kappa shape index (κ3) is 3.68. The molecule has 0 heterocycles. The first-order chi connectivity index (χ1) is 15.0.